The summed E-state index contributed by atoms with van der Waals surface area (Å²) >= 11 is 0. The Labute approximate surface area is 299 Å². The second kappa shape index (κ2) is 18.3. The maximum absolute atomic E-state index is 13.7. The molecule has 1 aliphatic rings. The number of benzene rings is 1. The number of anilines is 2. The number of esters is 3. The first-order chi connectivity index (χ1) is 23.3. The van der Waals surface area contributed by atoms with Gasteiger partial charge in [0, 0.05) is 58.0 Å². The Kier molecular flexibility index (Phi) is 15.7. The fraction of sp³-hybridized carbons (Fsp3) is 0.714. The van der Waals surface area contributed by atoms with Crippen LogP contribution in [0.4, 0.5) is 24.5 Å². The maximum atomic E-state index is 13.7. The third-order valence-electron chi connectivity index (χ3n) is 7.24. The minimum Gasteiger partial charge on any atom is -0.459 e. The molecular weight excluding hydrogens is 673 g/mol. The largest absolute Gasteiger partial charge is 0.459 e. The lowest BCUT2D eigenvalue weighted by Gasteiger charge is -2.34. The molecule has 13 nitrogen and oxygen atoms in total. The van der Waals surface area contributed by atoms with E-state index in [0.29, 0.717) is 26.2 Å². The van der Waals surface area contributed by atoms with Gasteiger partial charge in [-0.05, 0) is 80.5 Å². The highest BCUT2D eigenvalue weighted by atomic mass is 19.4. The molecule has 0 aliphatic carbocycles. The summed E-state index contributed by atoms with van der Waals surface area (Å²) < 4.78 is 57.9. The molecule has 0 spiro atoms. The number of ether oxygens (including phenoxy) is 3. The molecule has 0 radical (unpaired) electrons. The van der Waals surface area contributed by atoms with E-state index in [9.17, 15) is 32.3 Å². The average molecular weight is 731 g/mol. The Hall–Kier alpha value is -3.47. The van der Waals surface area contributed by atoms with E-state index >= 15 is 0 Å². The third-order valence-corrected chi connectivity index (χ3v) is 7.24. The van der Waals surface area contributed by atoms with Crippen molar-refractivity contribution in [3.8, 4) is 0 Å². The lowest BCUT2D eigenvalue weighted by molar-refractivity contribution is -0.158. The number of hydrogen-bond donors (Lipinski definition) is 2. The fourth-order valence-corrected chi connectivity index (χ4v) is 5.18. The summed E-state index contributed by atoms with van der Waals surface area (Å²) in [6, 6.07) is 3.15. The van der Waals surface area contributed by atoms with Gasteiger partial charge in [0.05, 0.1) is 37.4 Å². The van der Waals surface area contributed by atoms with Gasteiger partial charge in [-0.15, -0.1) is 0 Å². The molecule has 1 aromatic rings. The molecular formula is C35H57F3N6O7. The molecule has 16 heteroatoms. The van der Waals surface area contributed by atoms with Crippen LogP contribution in [0.5, 0.6) is 0 Å². The predicted molar refractivity (Wildman–Crippen MR) is 188 cm³/mol. The van der Waals surface area contributed by atoms with Crippen molar-refractivity contribution in [2.45, 2.75) is 85.3 Å². The quantitative estimate of drug-likeness (QED) is 0.218. The van der Waals surface area contributed by atoms with Crippen LogP contribution < -0.4 is 11.1 Å². The lowest BCUT2D eigenvalue weighted by Crippen LogP contribution is -2.50. The van der Waals surface area contributed by atoms with E-state index in [1.807, 2.05) is 14.7 Å². The predicted octanol–water partition coefficient (Wildman–Crippen LogP) is 3.47. The Balaban J connectivity index is 2.36. The number of alkyl halides is 3. The molecule has 51 heavy (non-hydrogen) atoms. The van der Waals surface area contributed by atoms with Crippen molar-refractivity contribution in [2.75, 3.05) is 89.6 Å². The van der Waals surface area contributed by atoms with Crippen molar-refractivity contribution >= 4 is 35.2 Å². The number of nitrogen functional groups attached to an aromatic ring is 1. The van der Waals surface area contributed by atoms with Crippen LogP contribution in [0, 0.1) is 0 Å². The summed E-state index contributed by atoms with van der Waals surface area (Å²) in [6.07, 6.45) is -4.74. The third kappa shape index (κ3) is 18.5. The average Bonchev–Trinajstić information content (AvgIpc) is 2.91. The number of carbonyl (C=O) groups is 4. The SMILES string of the molecule is CC(C)(C)OC(=O)CN1CCN(CC(=O)Nc2ccc(N)cc2C(F)(F)F)CCN(CC(=O)OC(C)(C)C)CCN(CC(=O)OC(C)(C)C)CC1. The molecule has 1 heterocycles. The smallest absolute Gasteiger partial charge is 0.418 e. The Morgan fingerprint density at radius 1 is 0.608 bits per heavy atom. The van der Waals surface area contributed by atoms with Crippen molar-refractivity contribution in [1.29, 1.82) is 0 Å². The van der Waals surface area contributed by atoms with E-state index < -0.39 is 58.0 Å². The molecule has 3 N–H and O–H groups in total. The summed E-state index contributed by atoms with van der Waals surface area (Å²) in [7, 11) is 0. The zero-order chi connectivity index (χ0) is 38.8. The van der Waals surface area contributed by atoms with Crippen LogP contribution in [0.1, 0.15) is 67.9 Å². The number of halogens is 3. The van der Waals surface area contributed by atoms with Crippen LogP contribution in [0.2, 0.25) is 0 Å². The zero-order valence-electron chi connectivity index (χ0n) is 31.6. The molecule has 0 saturated carbocycles. The van der Waals surface area contributed by atoms with Crippen LogP contribution in [0.25, 0.3) is 0 Å². The topological polar surface area (TPSA) is 147 Å². The van der Waals surface area contributed by atoms with Gasteiger partial charge in [0.25, 0.3) is 0 Å². The number of rotatable bonds is 9. The van der Waals surface area contributed by atoms with Crippen LogP contribution in [-0.4, -0.2) is 139 Å². The fourth-order valence-electron chi connectivity index (χ4n) is 5.18. The number of nitrogens with zero attached hydrogens (tertiary/aromatic N) is 4. The monoisotopic (exact) mass is 730 g/mol. The Bertz CT molecular complexity index is 1290. The summed E-state index contributed by atoms with van der Waals surface area (Å²) in [6.45, 7) is 18.0. The van der Waals surface area contributed by atoms with Gasteiger partial charge in [0.2, 0.25) is 5.91 Å². The van der Waals surface area contributed by atoms with Gasteiger partial charge in [-0.3, -0.25) is 38.8 Å². The van der Waals surface area contributed by atoms with Gasteiger partial charge >= 0.3 is 24.1 Å². The van der Waals surface area contributed by atoms with E-state index in [2.05, 4.69) is 5.32 Å². The minimum atomic E-state index is -4.74. The molecule has 1 amide bonds. The van der Waals surface area contributed by atoms with Crippen LogP contribution in [0.15, 0.2) is 18.2 Å². The minimum absolute atomic E-state index is 0.0187. The summed E-state index contributed by atoms with van der Waals surface area (Å²) in [5, 5.41) is 2.37. The summed E-state index contributed by atoms with van der Waals surface area (Å²) in [5.41, 5.74) is 1.89. The number of hydrogen-bond acceptors (Lipinski definition) is 12. The van der Waals surface area contributed by atoms with Gasteiger partial charge in [-0.1, -0.05) is 0 Å². The van der Waals surface area contributed by atoms with Gasteiger partial charge < -0.3 is 25.3 Å². The van der Waals surface area contributed by atoms with Crippen molar-refractivity contribution in [2.24, 2.45) is 0 Å². The molecule has 0 aromatic heterocycles. The van der Waals surface area contributed by atoms with Crippen LogP contribution >= 0.6 is 0 Å². The molecule has 1 aromatic carbocycles. The van der Waals surface area contributed by atoms with Crippen LogP contribution in [-0.2, 0) is 39.6 Å². The highest BCUT2D eigenvalue weighted by Crippen LogP contribution is 2.36. The number of carbonyl (C=O) groups excluding carboxylic acids is 4. The molecule has 0 unspecified atom stereocenters. The maximum Gasteiger partial charge on any atom is 0.418 e. The van der Waals surface area contributed by atoms with Gasteiger partial charge in [-0.25, -0.2) is 0 Å². The molecule has 0 atom stereocenters. The van der Waals surface area contributed by atoms with Gasteiger partial charge in [-0.2, -0.15) is 13.2 Å². The van der Waals surface area contributed by atoms with E-state index in [0.717, 1.165) is 12.1 Å². The second-order valence-electron chi connectivity index (χ2n) is 15.7. The molecule has 2 rings (SSSR count). The number of nitrogens with two attached hydrogens (primary N) is 1. The zero-order valence-corrected chi connectivity index (χ0v) is 31.6. The highest BCUT2D eigenvalue weighted by Gasteiger charge is 2.34. The van der Waals surface area contributed by atoms with E-state index in [4.69, 9.17) is 19.9 Å². The standard InChI is InChI=1S/C35H57F3N6O7/c1-32(2,3)49-29(46)22-42-14-12-41(21-28(45)40-27-11-10-25(39)20-26(27)35(36,37)38)13-15-43(23-30(47)50-33(4,5)6)17-19-44(18-16-42)24-31(48)51-34(7,8)9/h10-11,20H,12-19,21-24,39H2,1-9H3,(H,40,45). The first-order valence-electron chi connectivity index (χ1n) is 17.1. The number of amides is 1. The normalized spacial score (nSPS) is 17.2. The first kappa shape index (κ1) is 43.7. The van der Waals surface area contributed by atoms with Crippen molar-refractivity contribution < 1.29 is 46.6 Å². The summed E-state index contributed by atoms with van der Waals surface area (Å²) in [4.78, 5) is 59.2. The van der Waals surface area contributed by atoms with Crippen molar-refractivity contribution in [1.82, 2.24) is 19.6 Å². The van der Waals surface area contributed by atoms with Gasteiger partial charge in [0.15, 0.2) is 0 Å². The second-order valence-corrected chi connectivity index (χ2v) is 15.7. The van der Waals surface area contributed by atoms with Crippen molar-refractivity contribution in [3.05, 3.63) is 23.8 Å². The molecule has 1 fully saturated rings. The molecule has 0 bridgehead atoms. The van der Waals surface area contributed by atoms with Crippen LogP contribution in [0.3, 0.4) is 0 Å². The van der Waals surface area contributed by atoms with E-state index in [1.54, 1.807) is 67.2 Å². The van der Waals surface area contributed by atoms with Crippen molar-refractivity contribution in [3.63, 3.8) is 0 Å². The Morgan fingerprint density at radius 2 is 0.922 bits per heavy atom. The lowest BCUT2D eigenvalue weighted by atomic mass is 10.1. The first-order valence-corrected chi connectivity index (χ1v) is 17.1. The van der Waals surface area contributed by atoms with E-state index in [-0.39, 0.29) is 58.0 Å². The summed E-state index contributed by atoms with van der Waals surface area (Å²) in [5.74, 6) is -2.01. The van der Waals surface area contributed by atoms with E-state index in [1.165, 1.54) is 6.07 Å². The highest BCUT2D eigenvalue weighted by molar-refractivity contribution is 5.93. The number of nitrogens with one attached hydrogen (secondary N) is 1. The molecule has 1 saturated heterocycles. The molecule has 290 valence electrons. The van der Waals surface area contributed by atoms with Gasteiger partial charge in [0.1, 0.15) is 16.8 Å². The Morgan fingerprint density at radius 3 is 1.22 bits per heavy atom. The molecule has 1 aliphatic heterocycles.